The first-order valence-electron chi connectivity index (χ1n) is 6.23. The molecule has 0 saturated carbocycles. The van der Waals surface area contributed by atoms with Crippen molar-refractivity contribution in [2.24, 2.45) is 5.92 Å². The molecule has 0 fully saturated rings. The molecule has 5 nitrogen and oxygen atoms in total. The number of aliphatic hydroxyl groups excluding tert-OH is 1. The Hall–Kier alpha value is -1.88. The Labute approximate surface area is 112 Å². The molecule has 1 amide bonds. The normalized spacial score (nSPS) is 15.3. The van der Waals surface area contributed by atoms with Crippen LogP contribution >= 0.6 is 0 Å². The van der Waals surface area contributed by atoms with E-state index >= 15 is 0 Å². The molecule has 0 aliphatic carbocycles. The topological polar surface area (TPSA) is 86.6 Å². The van der Waals surface area contributed by atoms with Crippen molar-refractivity contribution in [2.75, 3.05) is 0 Å². The number of aliphatic carboxylic acids is 1. The third-order valence-electron chi connectivity index (χ3n) is 3.14. The van der Waals surface area contributed by atoms with Crippen LogP contribution in [-0.2, 0) is 9.59 Å². The van der Waals surface area contributed by atoms with Gasteiger partial charge < -0.3 is 15.5 Å². The van der Waals surface area contributed by atoms with Crippen LogP contribution in [-0.4, -0.2) is 28.1 Å². The first-order valence-corrected chi connectivity index (χ1v) is 6.23. The number of carbonyl (C=O) groups excluding carboxylic acids is 1. The summed E-state index contributed by atoms with van der Waals surface area (Å²) in [5.41, 5.74) is 0.438. The minimum atomic E-state index is -1.35. The molecule has 1 aromatic rings. The van der Waals surface area contributed by atoms with Crippen molar-refractivity contribution >= 4 is 11.9 Å². The summed E-state index contributed by atoms with van der Waals surface area (Å²) in [6.07, 6.45) is -0.731. The molecule has 0 aromatic heterocycles. The zero-order chi connectivity index (χ0) is 14.4. The van der Waals surface area contributed by atoms with Crippen molar-refractivity contribution in [3.05, 3.63) is 35.9 Å². The van der Waals surface area contributed by atoms with E-state index in [1.807, 2.05) is 6.92 Å². The van der Waals surface area contributed by atoms with Gasteiger partial charge in [0, 0.05) is 0 Å². The SMILES string of the molecule is CCC(C)[C@H](NC(=O)C(O)c1ccccc1)C(=O)O. The maximum absolute atomic E-state index is 11.9. The Balaban J connectivity index is 2.75. The highest BCUT2D eigenvalue weighted by molar-refractivity contribution is 5.87. The van der Waals surface area contributed by atoms with Gasteiger partial charge >= 0.3 is 5.97 Å². The molecule has 0 saturated heterocycles. The Kier molecular flexibility index (Phi) is 5.51. The molecule has 0 aliphatic heterocycles. The fraction of sp³-hybridized carbons (Fsp3) is 0.429. The van der Waals surface area contributed by atoms with Gasteiger partial charge in [-0.25, -0.2) is 4.79 Å². The third kappa shape index (κ3) is 4.06. The van der Waals surface area contributed by atoms with Gasteiger partial charge in [-0.1, -0.05) is 50.6 Å². The summed E-state index contributed by atoms with van der Waals surface area (Å²) in [7, 11) is 0. The van der Waals surface area contributed by atoms with Gasteiger partial charge in [0.05, 0.1) is 0 Å². The van der Waals surface area contributed by atoms with E-state index in [-0.39, 0.29) is 5.92 Å². The van der Waals surface area contributed by atoms with Gasteiger partial charge in [0.15, 0.2) is 6.10 Å². The lowest BCUT2D eigenvalue weighted by Crippen LogP contribution is -2.46. The van der Waals surface area contributed by atoms with E-state index in [4.69, 9.17) is 5.11 Å². The first kappa shape index (κ1) is 15.2. The first-order chi connectivity index (χ1) is 8.97. The van der Waals surface area contributed by atoms with Gasteiger partial charge in [-0.3, -0.25) is 4.79 Å². The summed E-state index contributed by atoms with van der Waals surface area (Å²) < 4.78 is 0. The van der Waals surface area contributed by atoms with Gasteiger partial charge in [0.25, 0.3) is 5.91 Å². The lowest BCUT2D eigenvalue weighted by Gasteiger charge is -2.21. The summed E-state index contributed by atoms with van der Waals surface area (Å²) in [5, 5.41) is 21.3. The standard InChI is InChI=1S/C14H19NO4/c1-3-9(2)11(14(18)19)15-13(17)12(16)10-7-5-4-6-8-10/h4-9,11-12,16H,3H2,1-2H3,(H,15,17)(H,18,19)/t9?,11-,12?/m0/s1. The average Bonchev–Trinajstić information content (AvgIpc) is 2.43. The number of carboxylic acid groups (broad SMARTS) is 1. The number of rotatable bonds is 6. The third-order valence-corrected chi connectivity index (χ3v) is 3.14. The van der Waals surface area contributed by atoms with Crippen molar-refractivity contribution in [2.45, 2.75) is 32.4 Å². The Morgan fingerprint density at radius 3 is 2.32 bits per heavy atom. The molecular formula is C14H19NO4. The predicted molar refractivity (Wildman–Crippen MR) is 70.4 cm³/mol. The van der Waals surface area contributed by atoms with Crippen LogP contribution in [0.5, 0.6) is 0 Å². The predicted octanol–water partition coefficient (Wildman–Crippen LogP) is 1.34. The lowest BCUT2D eigenvalue weighted by molar-refractivity contribution is -0.145. The minimum Gasteiger partial charge on any atom is -0.480 e. The Bertz CT molecular complexity index is 432. The summed E-state index contributed by atoms with van der Waals surface area (Å²) in [6, 6.07) is 7.42. The van der Waals surface area contributed by atoms with Crippen molar-refractivity contribution in [3.8, 4) is 0 Å². The molecule has 1 rings (SSSR count). The molecule has 19 heavy (non-hydrogen) atoms. The zero-order valence-electron chi connectivity index (χ0n) is 11.0. The second kappa shape index (κ2) is 6.89. The Morgan fingerprint density at radius 1 is 1.26 bits per heavy atom. The molecule has 0 heterocycles. The molecular weight excluding hydrogens is 246 g/mol. The van der Waals surface area contributed by atoms with Crippen LogP contribution < -0.4 is 5.32 Å². The zero-order valence-corrected chi connectivity index (χ0v) is 11.0. The van der Waals surface area contributed by atoms with Gasteiger partial charge in [-0.05, 0) is 11.5 Å². The van der Waals surface area contributed by atoms with Crippen LogP contribution in [0.4, 0.5) is 0 Å². The smallest absolute Gasteiger partial charge is 0.326 e. The molecule has 0 spiro atoms. The number of carboxylic acids is 1. The summed E-state index contributed by atoms with van der Waals surface area (Å²) in [5.74, 6) is -1.99. The Morgan fingerprint density at radius 2 is 1.84 bits per heavy atom. The van der Waals surface area contributed by atoms with E-state index < -0.39 is 24.0 Å². The van der Waals surface area contributed by atoms with Crippen molar-refractivity contribution < 1.29 is 19.8 Å². The fourth-order valence-corrected chi connectivity index (χ4v) is 1.70. The molecule has 3 atom stereocenters. The number of amides is 1. The maximum atomic E-state index is 11.9. The molecule has 1 aromatic carbocycles. The number of carbonyl (C=O) groups is 2. The van der Waals surface area contributed by atoms with Crippen LogP contribution in [0.1, 0.15) is 31.9 Å². The maximum Gasteiger partial charge on any atom is 0.326 e. The summed E-state index contributed by atoms with van der Waals surface area (Å²) in [6.45, 7) is 3.59. The monoisotopic (exact) mass is 265 g/mol. The van der Waals surface area contributed by atoms with Gasteiger partial charge in [-0.15, -0.1) is 0 Å². The summed E-state index contributed by atoms with van der Waals surface area (Å²) >= 11 is 0. The van der Waals surface area contributed by atoms with Crippen molar-refractivity contribution in [1.29, 1.82) is 0 Å². The lowest BCUT2D eigenvalue weighted by atomic mass is 9.98. The molecule has 3 N–H and O–H groups in total. The second-order valence-corrected chi connectivity index (χ2v) is 4.52. The van der Waals surface area contributed by atoms with Gasteiger partial charge in [0.2, 0.25) is 0 Å². The second-order valence-electron chi connectivity index (χ2n) is 4.52. The molecule has 0 bridgehead atoms. The van der Waals surface area contributed by atoms with Crippen molar-refractivity contribution in [1.82, 2.24) is 5.32 Å². The average molecular weight is 265 g/mol. The largest absolute Gasteiger partial charge is 0.480 e. The van der Waals surface area contributed by atoms with Gasteiger partial charge in [0.1, 0.15) is 6.04 Å². The van der Waals surface area contributed by atoms with E-state index in [0.29, 0.717) is 12.0 Å². The van der Waals surface area contributed by atoms with Crippen LogP contribution in [0.15, 0.2) is 30.3 Å². The molecule has 104 valence electrons. The van der Waals surface area contributed by atoms with Gasteiger partial charge in [-0.2, -0.15) is 0 Å². The highest BCUT2D eigenvalue weighted by atomic mass is 16.4. The molecule has 0 aliphatic rings. The van der Waals surface area contributed by atoms with Crippen LogP contribution in [0.3, 0.4) is 0 Å². The van der Waals surface area contributed by atoms with Crippen molar-refractivity contribution in [3.63, 3.8) is 0 Å². The van der Waals surface area contributed by atoms with E-state index in [0.717, 1.165) is 0 Å². The van der Waals surface area contributed by atoms with Crippen LogP contribution in [0, 0.1) is 5.92 Å². The summed E-state index contributed by atoms with van der Waals surface area (Å²) in [4.78, 5) is 23.0. The molecule has 2 unspecified atom stereocenters. The quantitative estimate of drug-likeness (QED) is 0.724. The number of benzene rings is 1. The fourth-order valence-electron chi connectivity index (χ4n) is 1.70. The number of aliphatic hydroxyl groups is 1. The van der Waals surface area contributed by atoms with Crippen LogP contribution in [0.2, 0.25) is 0 Å². The van der Waals surface area contributed by atoms with E-state index in [1.165, 1.54) is 0 Å². The van der Waals surface area contributed by atoms with Crippen LogP contribution in [0.25, 0.3) is 0 Å². The number of hydrogen-bond donors (Lipinski definition) is 3. The van der Waals surface area contributed by atoms with E-state index in [9.17, 15) is 14.7 Å². The molecule has 0 radical (unpaired) electrons. The minimum absolute atomic E-state index is 0.204. The highest BCUT2D eigenvalue weighted by Gasteiger charge is 2.28. The number of nitrogens with one attached hydrogen (secondary N) is 1. The number of hydrogen-bond acceptors (Lipinski definition) is 3. The van der Waals surface area contributed by atoms with E-state index in [1.54, 1.807) is 37.3 Å². The highest BCUT2D eigenvalue weighted by Crippen LogP contribution is 2.14. The molecule has 5 heteroatoms. The van der Waals surface area contributed by atoms with E-state index in [2.05, 4.69) is 5.32 Å².